The van der Waals surface area contributed by atoms with Crippen molar-refractivity contribution in [2.45, 2.75) is 31.8 Å². The second-order valence-corrected chi connectivity index (χ2v) is 5.89. The zero-order valence-electron chi connectivity index (χ0n) is 13.0. The molecule has 2 rings (SSSR count). The Balaban J connectivity index is 2.30. The van der Waals surface area contributed by atoms with Gasteiger partial charge >= 0.3 is 0 Å². The Morgan fingerprint density at radius 3 is 2.80 bits per heavy atom. The zero-order chi connectivity index (χ0) is 14.7. The first-order chi connectivity index (χ1) is 9.54. The number of benzene rings is 1. The highest BCUT2D eigenvalue weighted by molar-refractivity contribution is 5.56. The summed E-state index contributed by atoms with van der Waals surface area (Å²) in [5.41, 5.74) is 1.83. The molecule has 3 nitrogen and oxygen atoms in total. The summed E-state index contributed by atoms with van der Waals surface area (Å²) in [6.45, 7) is 3.99. The van der Waals surface area contributed by atoms with Crippen LogP contribution in [0.15, 0.2) is 18.2 Å². The van der Waals surface area contributed by atoms with Gasteiger partial charge in [0.2, 0.25) is 0 Å². The first-order valence-corrected chi connectivity index (χ1v) is 7.41. The second kappa shape index (κ2) is 6.55. The minimum Gasteiger partial charge on any atom is -0.370 e. The predicted molar refractivity (Wildman–Crippen MR) is 82.8 cm³/mol. The van der Waals surface area contributed by atoms with Crippen LogP contribution in [0.3, 0.4) is 0 Å². The van der Waals surface area contributed by atoms with Crippen molar-refractivity contribution in [1.29, 1.82) is 0 Å². The third-order valence-electron chi connectivity index (χ3n) is 4.36. The molecule has 1 heterocycles. The average molecular weight is 279 g/mol. The molecule has 1 saturated heterocycles. The molecule has 0 radical (unpaired) electrons. The van der Waals surface area contributed by atoms with E-state index in [0.717, 1.165) is 30.8 Å². The fourth-order valence-electron chi connectivity index (χ4n) is 2.97. The number of hydrogen-bond donors (Lipinski definition) is 1. The molecule has 0 spiro atoms. The molecule has 2 atom stereocenters. The van der Waals surface area contributed by atoms with Crippen LogP contribution in [0.1, 0.15) is 31.4 Å². The Morgan fingerprint density at radius 1 is 1.40 bits per heavy atom. The van der Waals surface area contributed by atoms with Crippen molar-refractivity contribution >= 4 is 5.69 Å². The molecule has 0 aromatic heterocycles. The number of hydrogen-bond acceptors (Lipinski definition) is 3. The van der Waals surface area contributed by atoms with Gasteiger partial charge in [-0.2, -0.15) is 0 Å². The van der Waals surface area contributed by atoms with Gasteiger partial charge in [0.1, 0.15) is 5.82 Å². The molecule has 1 N–H and O–H groups in total. The lowest BCUT2D eigenvalue weighted by molar-refractivity contribution is 0.257. The van der Waals surface area contributed by atoms with E-state index in [-0.39, 0.29) is 11.9 Å². The molecule has 1 aliphatic rings. The lowest BCUT2D eigenvalue weighted by Crippen LogP contribution is -2.45. The predicted octanol–water partition coefficient (Wildman–Crippen LogP) is 2.64. The molecule has 0 bridgehead atoms. The van der Waals surface area contributed by atoms with Crippen LogP contribution >= 0.6 is 0 Å². The topological polar surface area (TPSA) is 18.5 Å². The van der Waals surface area contributed by atoms with Gasteiger partial charge in [0.15, 0.2) is 0 Å². The summed E-state index contributed by atoms with van der Waals surface area (Å²) >= 11 is 0. The minimum absolute atomic E-state index is 0.0194. The third-order valence-corrected chi connectivity index (χ3v) is 4.36. The van der Waals surface area contributed by atoms with Crippen LogP contribution in [-0.2, 0) is 0 Å². The van der Waals surface area contributed by atoms with Gasteiger partial charge < -0.3 is 15.1 Å². The smallest absolute Gasteiger partial charge is 0.130 e. The Kier molecular flexibility index (Phi) is 5.00. The summed E-state index contributed by atoms with van der Waals surface area (Å²) in [7, 11) is 6.12. The zero-order valence-corrected chi connectivity index (χ0v) is 13.0. The maximum atomic E-state index is 14.2. The van der Waals surface area contributed by atoms with Crippen LogP contribution < -0.4 is 10.2 Å². The van der Waals surface area contributed by atoms with Gasteiger partial charge in [0.05, 0.1) is 0 Å². The summed E-state index contributed by atoms with van der Waals surface area (Å²) in [5, 5.41) is 3.16. The Morgan fingerprint density at radius 2 is 2.15 bits per heavy atom. The maximum Gasteiger partial charge on any atom is 0.130 e. The van der Waals surface area contributed by atoms with Crippen LogP contribution in [0, 0.1) is 5.82 Å². The van der Waals surface area contributed by atoms with E-state index in [1.807, 2.05) is 26.1 Å². The molecular formula is C16H26FN3. The fraction of sp³-hybridized carbons (Fsp3) is 0.625. The molecular weight excluding hydrogens is 253 g/mol. The van der Waals surface area contributed by atoms with E-state index in [9.17, 15) is 4.39 Å². The summed E-state index contributed by atoms with van der Waals surface area (Å²) in [6.07, 6.45) is 2.38. The van der Waals surface area contributed by atoms with E-state index in [4.69, 9.17) is 0 Å². The molecule has 1 aliphatic heterocycles. The first-order valence-electron chi connectivity index (χ1n) is 7.41. The SMILES string of the molecule is CNC(C)c1c(F)cccc1N1CCCC(N(C)C)C1. The van der Waals surface area contributed by atoms with Gasteiger partial charge in [-0.15, -0.1) is 0 Å². The average Bonchev–Trinajstić information content (AvgIpc) is 2.46. The van der Waals surface area contributed by atoms with Crippen molar-refractivity contribution in [3.05, 3.63) is 29.6 Å². The van der Waals surface area contributed by atoms with Crippen molar-refractivity contribution in [3.63, 3.8) is 0 Å². The van der Waals surface area contributed by atoms with Gasteiger partial charge in [-0.05, 0) is 53.0 Å². The van der Waals surface area contributed by atoms with Crippen LogP contribution in [0.25, 0.3) is 0 Å². The third kappa shape index (κ3) is 3.13. The summed E-state index contributed by atoms with van der Waals surface area (Å²) in [5.74, 6) is -0.115. The van der Waals surface area contributed by atoms with Gasteiger partial charge in [-0.25, -0.2) is 4.39 Å². The van der Waals surface area contributed by atoms with Crippen LogP contribution in [0.5, 0.6) is 0 Å². The molecule has 1 fully saturated rings. The number of nitrogens with one attached hydrogen (secondary N) is 1. The molecule has 0 saturated carbocycles. The number of anilines is 1. The van der Waals surface area contributed by atoms with E-state index in [1.165, 1.54) is 6.42 Å². The Labute approximate surface area is 121 Å². The van der Waals surface area contributed by atoms with E-state index < -0.39 is 0 Å². The highest BCUT2D eigenvalue weighted by atomic mass is 19.1. The van der Waals surface area contributed by atoms with Crippen molar-refractivity contribution < 1.29 is 4.39 Å². The lowest BCUT2D eigenvalue weighted by Gasteiger charge is -2.39. The number of piperidine rings is 1. The number of nitrogens with zero attached hydrogens (tertiary/aromatic N) is 2. The molecule has 4 heteroatoms. The van der Waals surface area contributed by atoms with Crippen LogP contribution in [0.4, 0.5) is 10.1 Å². The van der Waals surface area contributed by atoms with E-state index in [1.54, 1.807) is 6.07 Å². The van der Waals surface area contributed by atoms with E-state index in [2.05, 4.69) is 29.2 Å². The molecule has 0 amide bonds. The van der Waals surface area contributed by atoms with E-state index in [0.29, 0.717) is 6.04 Å². The first kappa shape index (κ1) is 15.3. The van der Waals surface area contributed by atoms with Gasteiger partial charge in [0.25, 0.3) is 0 Å². The summed E-state index contributed by atoms with van der Waals surface area (Å²) in [4.78, 5) is 4.60. The van der Waals surface area contributed by atoms with Crippen molar-refractivity contribution in [3.8, 4) is 0 Å². The lowest BCUT2D eigenvalue weighted by atomic mass is 10.00. The summed E-state index contributed by atoms with van der Waals surface area (Å²) in [6, 6.07) is 5.98. The van der Waals surface area contributed by atoms with Gasteiger partial charge in [-0.1, -0.05) is 6.07 Å². The molecule has 0 aliphatic carbocycles. The van der Waals surface area contributed by atoms with Gasteiger partial charge in [-0.3, -0.25) is 0 Å². The Hall–Kier alpha value is -1.13. The number of likely N-dealkylation sites (N-methyl/N-ethyl adjacent to an activating group) is 1. The second-order valence-electron chi connectivity index (χ2n) is 5.89. The molecule has 112 valence electrons. The van der Waals surface area contributed by atoms with Crippen LogP contribution in [-0.4, -0.2) is 45.2 Å². The van der Waals surface area contributed by atoms with Crippen molar-refractivity contribution in [2.75, 3.05) is 39.1 Å². The number of halogens is 1. The van der Waals surface area contributed by atoms with Crippen LogP contribution in [0.2, 0.25) is 0 Å². The molecule has 20 heavy (non-hydrogen) atoms. The Bertz CT molecular complexity index is 447. The summed E-state index contributed by atoms with van der Waals surface area (Å²) < 4.78 is 14.2. The monoisotopic (exact) mass is 279 g/mol. The highest BCUT2D eigenvalue weighted by Crippen LogP contribution is 2.31. The molecule has 2 unspecified atom stereocenters. The van der Waals surface area contributed by atoms with Gasteiger partial charge in [0, 0.05) is 36.4 Å². The fourth-order valence-corrected chi connectivity index (χ4v) is 2.97. The standard InChI is InChI=1S/C16H26FN3/c1-12(18-2)16-14(17)8-5-9-15(16)20-10-6-7-13(11-20)19(3)4/h5,8-9,12-13,18H,6-7,10-11H2,1-4H3. The normalized spacial score (nSPS) is 21.3. The molecule has 1 aromatic carbocycles. The van der Waals surface area contributed by atoms with Crippen molar-refractivity contribution in [2.24, 2.45) is 0 Å². The minimum atomic E-state index is -0.115. The van der Waals surface area contributed by atoms with Crippen molar-refractivity contribution in [1.82, 2.24) is 10.2 Å². The largest absolute Gasteiger partial charge is 0.370 e. The number of rotatable bonds is 4. The highest BCUT2D eigenvalue weighted by Gasteiger charge is 2.25. The quantitative estimate of drug-likeness (QED) is 0.914. The molecule has 1 aromatic rings. The van der Waals surface area contributed by atoms with E-state index >= 15 is 0 Å². The maximum absolute atomic E-state index is 14.2.